The molecule has 2 aromatic rings. The van der Waals surface area contributed by atoms with Gasteiger partial charge in [-0.2, -0.15) is 0 Å². The van der Waals surface area contributed by atoms with Gasteiger partial charge in [0.15, 0.2) is 0 Å². The molecule has 0 bridgehead atoms. The van der Waals surface area contributed by atoms with Gasteiger partial charge in [0.1, 0.15) is 0 Å². The Morgan fingerprint density at radius 2 is 1.82 bits per heavy atom. The van der Waals surface area contributed by atoms with Gasteiger partial charge in [0, 0.05) is 37.9 Å². The summed E-state index contributed by atoms with van der Waals surface area (Å²) in [6, 6.07) is 18.3. The summed E-state index contributed by atoms with van der Waals surface area (Å²) >= 11 is 0. The minimum Gasteiger partial charge on any atom is -0.390 e. The number of carbonyl (C=O) groups excluding carboxylic acids is 1. The van der Waals surface area contributed by atoms with Gasteiger partial charge in [-0.25, -0.2) is 0 Å². The molecule has 1 heterocycles. The van der Waals surface area contributed by atoms with Crippen LogP contribution in [0.5, 0.6) is 0 Å². The van der Waals surface area contributed by atoms with Crippen molar-refractivity contribution in [2.45, 2.75) is 38.7 Å². The number of anilines is 1. The number of rotatable bonds is 7. The van der Waals surface area contributed by atoms with E-state index in [0.29, 0.717) is 12.3 Å². The molecule has 1 aliphatic heterocycles. The Balaban J connectivity index is 1.52. The molecule has 1 atom stereocenters. The quantitative estimate of drug-likeness (QED) is 0.790. The summed E-state index contributed by atoms with van der Waals surface area (Å²) in [6.45, 7) is 6.47. The van der Waals surface area contributed by atoms with E-state index in [1.807, 2.05) is 56.1 Å². The molecule has 4 nitrogen and oxygen atoms in total. The lowest BCUT2D eigenvalue weighted by Crippen LogP contribution is -2.33. The van der Waals surface area contributed by atoms with Crippen LogP contribution in [0.1, 0.15) is 42.6 Å². The molecule has 150 valence electrons. The normalized spacial score (nSPS) is 17.0. The molecule has 28 heavy (non-hydrogen) atoms. The number of aliphatic hydroxyl groups is 1. The molecule has 1 saturated heterocycles. The molecule has 4 heteroatoms. The number of nitrogens with zero attached hydrogens (tertiary/aromatic N) is 2. The van der Waals surface area contributed by atoms with Gasteiger partial charge in [-0.1, -0.05) is 30.3 Å². The molecular weight excluding hydrogens is 348 g/mol. The molecule has 1 N–H and O–H groups in total. The summed E-state index contributed by atoms with van der Waals surface area (Å²) in [7, 11) is 1.90. The van der Waals surface area contributed by atoms with Crippen molar-refractivity contribution in [2.75, 3.05) is 31.6 Å². The molecule has 1 unspecified atom stereocenters. The van der Waals surface area contributed by atoms with E-state index in [1.54, 1.807) is 0 Å². The third-order valence-corrected chi connectivity index (χ3v) is 5.51. The van der Waals surface area contributed by atoms with Crippen LogP contribution in [0.2, 0.25) is 0 Å². The minimum atomic E-state index is -0.663. The highest BCUT2D eigenvalue weighted by Crippen LogP contribution is 2.24. The maximum absolute atomic E-state index is 12.8. The van der Waals surface area contributed by atoms with Crippen LogP contribution in [0.25, 0.3) is 0 Å². The number of para-hydroxylation sites is 1. The Morgan fingerprint density at radius 3 is 2.46 bits per heavy atom. The predicted octanol–water partition coefficient (Wildman–Crippen LogP) is 3.99. The average Bonchev–Trinajstić information content (AvgIpc) is 3.15. The van der Waals surface area contributed by atoms with Gasteiger partial charge in [-0.3, -0.25) is 4.79 Å². The first kappa shape index (κ1) is 20.4. The van der Waals surface area contributed by atoms with E-state index >= 15 is 0 Å². The summed E-state index contributed by atoms with van der Waals surface area (Å²) in [5.41, 5.74) is 2.48. The van der Waals surface area contributed by atoms with Gasteiger partial charge in [0.25, 0.3) is 5.91 Å². The SMILES string of the molecule is CN(CC1CCN(c2ccccc2)C1)C(=O)c1ccc(CCC(C)(C)O)cc1. The highest BCUT2D eigenvalue weighted by Gasteiger charge is 2.25. The first-order valence-electron chi connectivity index (χ1n) is 10.2. The number of benzene rings is 2. The molecule has 1 aliphatic rings. The van der Waals surface area contributed by atoms with Crippen molar-refractivity contribution in [3.63, 3.8) is 0 Å². The standard InChI is InChI=1S/C24H32N2O2/c1-24(2,28)15-13-19-9-11-21(12-10-19)23(27)25(3)17-20-14-16-26(18-20)22-7-5-4-6-8-22/h4-12,20,28H,13-18H2,1-3H3. The van der Waals surface area contributed by atoms with Crippen LogP contribution >= 0.6 is 0 Å². The third-order valence-electron chi connectivity index (χ3n) is 5.51. The monoisotopic (exact) mass is 380 g/mol. The maximum atomic E-state index is 12.8. The number of carbonyl (C=O) groups is 1. The Hall–Kier alpha value is -2.33. The first-order valence-corrected chi connectivity index (χ1v) is 10.2. The minimum absolute atomic E-state index is 0.0761. The second-order valence-corrected chi connectivity index (χ2v) is 8.63. The second-order valence-electron chi connectivity index (χ2n) is 8.63. The van der Waals surface area contributed by atoms with Crippen LogP contribution in [0.4, 0.5) is 5.69 Å². The molecule has 0 spiro atoms. The van der Waals surface area contributed by atoms with Crippen molar-refractivity contribution in [3.05, 3.63) is 65.7 Å². The molecular formula is C24H32N2O2. The number of aryl methyl sites for hydroxylation is 1. The lowest BCUT2D eigenvalue weighted by molar-refractivity contribution is 0.0712. The fourth-order valence-electron chi connectivity index (χ4n) is 3.81. The highest BCUT2D eigenvalue weighted by atomic mass is 16.3. The lowest BCUT2D eigenvalue weighted by Gasteiger charge is -2.23. The predicted molar refractivity (Wildman–Crippen MR) is 115 cm³/mol. The molecule has 0 radical (unpaired) electrons. The highest BCUT2D eigenvalue weighted by molar-refractivity contribution is 5.94. The lowest BCUT2D eigenvalue weighted by atomic mass is 9.98. The van der Waals surface area contributed by atoms with E-state index < -0.39 is 5.60 Å². The van der Waals surface area contributed by atoms with Crippen LogP contribution in [0, 0.1) is 5.92 Å². The zero-order valence-corrected chi connectivity index (χ0v) is 17.3. The number of hydrogen-bond acceptors (Lipinski definition) is 3. The van der Waals surface area contributed by atoms with Crippen molar-refractivity contribution in [1.82, 2.24) is 4.90 Å². The van der Waals surface area contributed by atoms with Crippen molar-refractivity contribution >= 4 is 11.6 Å². The number of amides is 1. The van der Waals surface area contributed by atoms with Crippen molar-refractivity contribution < 1.29 is 9.90 Å². The van der Waals surface area contributed by atoms with E-state index in [4.69, 9.17) is 0 Å². The molecule has 0 aliphatic carbocycles. The van der Waals surface area contributed by atoms with Crippen LogP contribution in [-0.2, 0) is 6.42 Å². The molecule has 1 amide bonds. The van der Waals surface area contributed by atoms with Crippen LogP contribution in [0.15, 0.2) is 54.6 Å². The molecule has 1 fully saturated rings. The van der Waals surface area contributed by atoms with Gasteiger partial charge >= 0.3 is 0 Å². The smallest absolute Gasteiger partial charge is 0.253 e. The van der Waals surface area contributed by atoms with Crippen molar-refractivity contribution in [2.24, 2.45) is 5.92 Å². The Bertz CT molecular complexity index is 765. The number of hydrogen-bond donors (Lipinski definition) is 1. The molecule has 3 rings (SSSR count). The van der Waals surface area contributed by atoms with Gasteiger partial charge in [-0.15, -0.1) is 0 Å². The van der Waals surface area contributed by atoms with Crippen LogP contribution in [0.3, 0.4) is 0 Å². The Kier molecular flexibility index (Phi) is 6.40. The fraction of sp³-hybridized carbons (Fsp3) is 0.458. The second kappa shape index (κ2) is 8.78. The average molecular weight is 381 g/mol. The Labute approximate surface area is 168 Å². The summed E-state index contributed by atoms with van der Waals surface area (Å²) in [6.07, 6.45) is 2.63. The fourth-order valence-corrected chi connectivity index (χ4v) is 3.81. The molecule has 0 aromatic heterocycles. The zero-order valence-electron chi connectivity index (χ0n) is 17.3. The molecule has 0 saturated carbocycles. The Morgan fingerprint density at radius 1 is 1.14 bits per heavy atom. The van der Waals surface area contributed by atoms with Crippen molar-refractivity contribution in [1.29, 1.82) is 0 Å². The topological polar surface area (TPSA) is 43.8 Å². The van der Waals surface area contributed by atoms with E-state index in [2.05, 4.69) is 29.2 Å². The van der Waals surface area contributed by atoms with Crippen molar-refractivity contribution in [3.8, 4) is 0 Å². The van der Waals surface area contributed by atoms with Crippen LogP contribution < -0.4 is 4.90 Å². The van der Waals surface area contributed by atoms with Gasteiger partial charge in [-0.05, 0) is 68.9 Å². The summed E-state index contributed by atoms with van der Waals surface area (Å²) in [5, 5.41) is 9.86. The summed E-state index contributed by atoms with van der Waals surface area (Å²) in [5.74, 6) is 0.576. The first-order chi connectivity index (χ1) is 13.3. The molecule has 2 aromatic carbocycles. The van der Waals surface area contributed by atoms with Gasteiger partial charge in [0.05, 0.1) is 5.60 Å². The van der Waals surface area contributed by atoms with Crippen LogP contribution in [-0.4, -0.2) is 48.2 Å². The van der Waals surface area contributed by atoms with E-state index in [-0.39, 0.29) is 5.91 Å². The van der Waals surface area contributed by atoms with Gasteiger partial charge in [0.2, 0.25) is 0 Å². The summed E-state index contributed by atoms with van der Waals surface area (Å²) < 4.78 is 0. The maximum Gasteiger partial charge on any atom is 0.253 e. The third kappa shape index (κ3) is 5.59. The van der Waals surface area contributed by atoms with Gasteiger partial charge < -0.3 is 14.9 Å². The van der Waals surface area contributed by atoms with E-state index in [1.165, 1.54) is 5.69 Å². The summed E-state index contributed by atoms with van der Waals surface area (Å²) in [4.78, 5) is 17.0. The van der Waals surface area contributed by atoms with E-state index in [0.717, 1.165) is 43.6 Å². The largest absolute Gasteiger partial charge is 0.390 e. The van der Waals surface area contributed by atoms with E-state index in [9.17, 15) is 9.90 Å². The zero-order chi connectivity index (χ0) is 20.1.